The fourth-order valence-electron chi connectivity index (χ4n) is 1.90. The van der Waals surface area contributed by atoms with Crippen LogP contribution in [0, 0.1) is 23.7 Å². The number of ether oxygens (including phenoxy) is 1. The molecular weight excluding hydrogens is 176 g/mol. The summed E-state index contributed by atoms with van der Waals surface area (Å²) >= 11 is 0. The quantitative estimate of drug-likeness (QED) is 0.512. The third-order valence-corrected chi connectivity index (χ3v) is 2.74. The van der Waals surface area contributed by atoms with Gasteiger partial charge in [-0.15, -0.1) is 0 Å². The van der Waals surface area contributed by atoms with Crippen LogP contribution in [-0.4, -0.2) is 12.6 Å². The van der Waals surface area contributed by atoms with Crippen molar-refractivity contribution in [1.29, 1.82) is 0 Å². The second-order valence-electron chi connectivity index (χ2n) is 4.62. The molecule has 3 atom stereocenters. The van der Waals surface area contributed by atoms with Gasteiger partial charge < -0.3 is 4.74 Å². The minimum Gasteiger partial charge on any atom is -0.465 e. The Bertz CT molecular complexity index is 230. The van der Waals surface area contributed by atoms with Crippen LogP contribution in [0.3, 0.4) is 0 Å². The van der Waals surface area contributed by atoms with Crippen molar-refractivity contribution < 1.29 is 9.53 Å². The number of rotatable bonds is 3. The predicted octanol–water partition coefficient (Wildman–Crippen LogP) is 2.64. The number of hydrogen-bond acceptors (Lipinski definition) is 2. The molecule has 1 rings (SSSR count). The van der Waals surface area contributed by atoms with Crippen molar-refractivity contribution >= 4 is 5.97 Å². The normalized spacial score (nSPS) is 29.9. The number of allylic oxidation sites excluding steroid dienone is 2. The lowest BCUT2D eigenvalue weighted by Gasteiger charge is -2.15. The van der Waals surface area contributed by atoms with Gasteiger partial charge in [-0.05, 0) is 11.8 Å². The Morgan fingerprint density at radius 2 is 2.00 bits per heavy atom. The Labute approximate surface area is 86.3 Å². The van der Waals surface area contributed by atoms with Gasteiger partial charge in [0.15, 0.2) is 0 Å². The van der Waals surface area contributed by atoms with E-state index in [2.05, 4.69) is 39.8 Å². The third kappa shape index (κ3) is 2.60. The van der Waals surface area contributed by atoms with Gasteiger partial charge in [-0.2, -0.15) is 0 Å². The van der Waals surface area contributed by atoms with Crippen LogP contribution in [0.5, 0.6) is 0 Å². The van der Waals surface area contributed by atoms with E-state index in [0.717, 1.165) is 0 Å². The lowest BCUT2D eigenvalue weighted by atomic mass is 9.85. The molecule has 0 amide bonds. The van der Waals surface area contributed by atoms with Crippen LogP contribution in [0.25, 0.3) is 0 Å². The first-order valence-electron chi connectivity index (χ1n) is 5.37. The Balaban J connectivity index is 2.59. The molecule has 0 bridgehead atoms. The molecule has 0 aromatic heterocycles. The van der Waals surface area contributed by atoms with Crippen molar-refractivity contribution in [3.63, 3.8) is 0 Å². The van der Waals surface area contributed by atoms with E-state index in [0.29, 0.717) is 24.4 Å². The molecule has 0 aromatic rings. The van der Waals surface area contributed by atoms with Crippen LogP contribution in [-0.2, 0) is 9.53 Å². The van der Waals surface area contributed by atoms with Crippen molar-refractivity contribution in [2.24, 2.45) is 23.7 Å². The van der Waals surface area contributed by atoms with Gasteiger partial charge in [0.1, 0.15) is 0 Å². The van der Waals surface area contributed by atoms with Gasteiger partial charge in [0.2, 0.25) is 0 Å². The van der Waals surface area contributed by atoms with E-state index in [-0.39, 0.29) is 11.9 Å². The molecule has 1 aliphatic rings. The lowest BCUT2D eigenvalue weighted by Crippen LogP contribution is -2.20. The largest absolute Gasteiger partial charge is 0.465 e. The molecule has 1 aliphatic heterocycles. The van der Waals surface area contributed by atoms with Gasteiger partial charge in [0, 0.05) is 5.92 Å². The van der Waals surface area contributed by atoms with Crippen molar-refractivity contribution in [2.75, 3.05) is 6.61 Å². The summed E-state index contributed by atoms with van der Waals surface area (Å²) in [6.07, 6.45) is 4.29. The zero-order chi connectivity index (χ0) is 10.7. The standard InChI is InChI=1S/C12H20O2/c1-8(2)5-6-9(3)11-10(4)7-14-12(11)13/h5-6,8-11H,7H2,1-4H3/b6-5+/t9-,10+,11-/m0/s1. The minimum absolute atomic E-state index is 0.0293. The SMILES string of the molecule is CC(C)/C=C/[C@H](C)[C@@H]1C(=O)OC[C@H]1C. The third-order valence-electron chi connectivity index (χ3n) is 2.74. The van der Waals surface area contributed by atoms with E-state index in [4.69, 9.17) is 4.74 Å². The predicted molar refractivity (Wildman–Crippen MR) is 56.8 cm³/mol. The molecule has 14 heavy (non-hydrogen) atoms. The van der Waals surface area contributed by atoms with Gasteiger partial charge in [-0.1, -0.05) is 39.8 Å². The first kappa shape index (κ1) is 11.3. The molecule has 0 spiro atoms. The summed E-state index contributed by atoms with van der Waals surface area (Å²) in [6.45, 7) is 9.03. The summed E-state index contributed by atoms with van der Waals surface area (Å²) in [5, 5.41) is 0. The highest BCUT2D eigenvalue weighted by molar-refractivity contribution is 5.75. The van der Waals surface area contributed by atoms with Crippen LogP contribution in [0.2, 0.25) is 0 Å². The monoisotopic (exact) mass is 196 g/mol. The van der Waals surface area contributed by atoms with Gasteiger partial charge in [-0.3, -0.25) is 4.79 Å². The van der Waals surface area contributed by atoms with Crippen molar-refractivity contribution in [1.82, 2.24) is 0 Å². The Morgan fingerprint density at radius 1 is 1.36 bits per heavy atom. The lowest BCUT2D eigenvalue weighted by molar-refractivity contribution is -0.142. The number of hydrogen-bond donors (Lipinski definition) is 0. The van der Waals surface area contributed by atoms with Gasteiger partial charge in [-0.25, -0.2) is 0 Å². The molecule has 2 nitrogen and oxygen atoms in total. The van der Waals surface area contributed by atoms with Crippen molar-refractivity contribution in [3.8, 4) is 0 Å². The molecule has 0 saturated carbocycles. The topological polar surface area (TPSA) is 26.3 Å². The van der Waals surface area contributed by atoms with E-state index in [1.165, 1.54) is 0 Å². The van der Waals surface area contributed by atoms with E-state index < -0.39 is 0 Å². The van der Waals surface area contributed by atoms with E-state index >= 15 is 0 Å². The smallest absolute Gasteiger partial charge is 0.309 e. The molecule has 1 saturated heterocycles. The Kier molecular flexibility index (Phi) is 3.73. The van der Waals surface area contributed by atoms with E-state index in [1.54, 1.807) is 0 Å². The average molecular weight is 196 g/mol. The second-order valence-corrected chi connectivity index (χ2v) is 4.62. The first-order chi connectivity index (χ1) is 6.52. The summed E-state index contributed by atoms with van der Waals surface area (Å²) in [5.41, 5.74) is 0. The summed E-state index contributed by atoms with van der Waals surface area (Å²) in [4.78, 5) is 11.4. The van der Waals surface area contributed by atoms with Gasteiger partial charge in [0.05, 0.1) is 12.5 Å². The van der Waals surface area contributed by atoms with E-state index in [1.807, 2.05) is 0 Å². The molecule has 1 heterocycles. The molecule has 0 aromatic carbocycles. The van der Waals surface area contributed by atoms with Crippen molar-refractivity contribution in [3.05, 3.63) is 12.2 Å². The number of esters is 1. The highest BCUT2D eigenvalue weighted by Gasteiger charge is 2.36. The molecule has 1 fully saturated rings. The highest BCUT2D eigenvalue weighted by Crippen LogP contribution is 2.29. The van der Waals surface area contributed by atoms with Gasteiger partial charge >= 0.3 is 5.97 Å². The fourth-order valence-corrected chi connectivity index (χ4v) is 1.90. The molecule has 0 N–H and O–H groups in total. The average Bonchev–Trinajstić information content (AvgIpc) is 2.42. The van der Waals surface area contributed by atoms with Crippen LogP contribution in [0.1, 0.15) is 27.7 Å². The maximum Gasteiger partial charge on any atom is 0.309 e. The van der Waals surface area contributed by atoms with Gasteiger partial charge in [0.25, 0.3) is 0 Å². The number of cyclic esters (lactones) is 1. The van der Waals surface area contributed by atoms with Crippen molar-refractivity contribution in [2.45, 2.75) is 27.7 Å². The maximum atomic E-state index is 11.4. The summed E-state index contributed by atoms with van der Waals surface area (Å²) in [6, 6.07) is 0. The van der Waals surface area contributed by atoms with Crippen LogP contribution >= 0.6 is 0 Å². The Hall–Kier alpha value is -0.790. The van der Waals surface area contributed by atoms with Crippen LogP contribution < -0.4 is 0 Å². The molecule has 0 unspecified atom stereocenters. The molecule has 80 valence electrons. The molecule has 0 aliphatic carbocycles. The van der Waals surface area contributed by atoms with Crippen LogP contribution in [0.4, 0.5) is 0 Å². The second kappa shape index (κ2) is 4.63. The maximum absolute atomic E-state index is 11.4. The minimum atomic E-state index is -0.0293. The number of carbonyl (C=O) groups is 1. The number of carbonyl (C=O) groups excluding carboxylic acids is 1. The Morgan fingerprint density at radius 3 is 2.43 bits per heavy atom. The molecule has 2 heteroatoms. The summed E-state index contributed by atoms with van der Waals surface area (Å²) < 4.78 is 5.03. The fraction of sp³-hybridized carbons (Fsp3) is 0.750. The summed E-state index contributed by atoms with van der Waals surface area (Å²) in [5.74, 6) is 1.23. The summed E-state index contributed by atoms with van der Waals surface area (Å²) in [7, 11) is 0. The molecule has 0 radical (unpaired) electrons. The molecular formula is C12H20O2. The first-order valence-corrected chi connectivity index (χ1v) is 5.37. The van der Waals surface area contributed by atoms with Crippen LogP contribution in [0.15, 0.2) is 12.2 Å². The van der Waals surface area contributed by atoms with E-state index in [9.17, 15) is 4.79 Å². The zero-order valence-electron chi connectivity index (χ0n) is 9.49. The zero-order valence-corrected chi connectivity index (χ0v) is 9.49. The highest BCUT2D eigenvalue weighted by atomic mass is 16.5.